The number of nitrogens with zero attached hydrogens (tertiary/aromatic N) is 2. The van der Waals surface area contributed by atoms with Gasteiger partial charge < -0.3 is 21.3 Å². The van der Waals surface area contributed by atoms with Crippen LogP contribution in [0.4, 0.5) is 8.78 Å². The quantitative estimate of drug-likeness (QED) is 0.216. The Hall–Kier alpha value is -2.40. The van der Waals surface area contributed by atoms with Crippen molar-refractivity contribution in [3.63, 3.8) is 0 Å². The van der Waals surface area contributed by atoms with Gasteiger partial charge in [0, 0.05) is 49.9 Å². The third-order valence-corrected chi connectivity index (χ3v) is 11.2. The van der Waals surface area contributed by atoms with Gasteiger partial charge in [-0.3, -0.25) is 19.6 Å². The van der Waals surface area contributed by atoms with Crippen LogP contribution in [0.5, 0.6) is 0 Å². The average molecular weight is 708 g/mol. The zero-order chi connectivity index (χ0) is 33.9. The van der Waals surface area contributed by atoms with E-state index in [1.807, 2.05) is 0 Å². The van der Waals surface area contributed by atoms with Gasteiger partial charge in [0.1, 0.15) is 11.6 Å². The van der Waals surface area contributed by atoms with Crippen LogP contribution in [-0.2, 0) is 9.59 Å². The molecule has 0 bridgehead atoms. The Morgan fingerprint density at radius 3 is 1.40 bits per heavy atom. The molecule has 2 amide bonds. The largest absolute Gasteiger partial charge is 0.356 e. The van der Waals surface area contributed by atoms with Crippen LogP contribution in [0.25, 0.3) is 0 Å². The fraction of sp³-hybridized carbons (Fsp3) is 0.667. The highest BCUT2D eigenvalue weighted by atomic mass is 35.5. The number of pyridine rings is 2. The zero-order valence-corrected chi connectivity index (χ0v) is 29.2. The normalized spacial score (nSPS) is 27.8. The van der Waals surface area contributed by atoms with E-state index >= 15 is 0 Å². The molecule has 48 heavy (non-hydrogen) atoms. The number of aromatic nitrogens is 2. The van der Waals surface area contributed by atoms with Crippen LogP contribution in [0, 0.1) is 23.5 Å². The van der Waals surface area contributed by atoms with Crippen molar-refractivity contribution in [2.45, 2.75) is 114 Å². The number of piperidine rings is 2. The van der Waals surface area contributed by atoms with Crippen LogP contribution >= 0.6 is 23.2 Å². The van der Waals surface area contributed by atoms with E-state index in [0.717, 1.165) is 115 Å². The molecular weight excluding hydrogens is 657 g/mol. The lowest BCUT2D eigenvalue weighted by Gasteiger charge is -2.29. The van der Waals surface area contributed by atoms with Gasteiger partial charge in [-0.25, -0.2) is 8.78 Å². The Morgan fingerprint density at radius 1 is 0.646 bits per heavy atom. The predicted molar refractivity (Wildman–Crippen MR) is 185 cm³/mol. The van der Waals surface area contributed by atoms with Crippen molar-refractivity contribution in [1.29, 1.82) is 0 Å². The summed E-state index contributed by atoms with van der Waals surface area (Å²) in [5.41, 5.74) is 1.70. The number of rotatable bonds is 10. The minimum absolute atomic E-state index is 0.155. The Labute approximate surface area is 293 Å². The molecule has 2 aliphatic carbocycles. The highest BCUT2D eigenvalue weighted by Crippen LogP contribution is 2.40. The van der Waals surface area contributed by atoms with E-state index in [4.69, 9.17) is 23.2 Å². The van der Waals surface area contributed by atoms with Gasteiger partial charge in [-0.15, -0.1) is 0 Å². The van der Waals surface area contributed by atoms with Crippen LogP contribution in [0.2, 0.25) is 10.0 Å². The maximum atomic E-state index is 13.1. The minimum atomic E-state index is -0.375. The molecule has 0 radical (unpaired) electrons. The molecule has 2 aromatic heterocycles. The maximum absolute atomic E-state index is 13.1. The number of hydrogen-bond donors (Lipinski definition) is 4. The fourth-order valence-electron chi connectivity index (χ4n) is 7.80. The lowest BCUT2D eigenvalue weighted by molar-refractivity contribution is -0.123. The molecule has 4 aliphatic rings. The topological polar surface area (TPSA) is 108 Å². The highest BCUT2D eigenvalue weighted by molar-refractivity contribution is 6.31. The first-order valence-corrected chi connectivity index (χ1v) is 18.6. The third-order valence-electron chi connectivity index (χ3n) is 10.6. The Morgan fingerprint density at radius 2 is 1.04 bits per heavy atom. The summed E-state index contributed by atoms with van der Waals surface area (Å²) in [6, 6.07) is 3.38. The standard InChI is InChI=1S/2C18H25ClFN3O/c2*19-16-9-14(20)11-23-18(16)13-3-1-12(2-4-13)5-7-21-15-6-8-22-17(24)10-15/h2*9,11-13,15,21H,1-8,10H2,(H,22,24)/t2*12?,13?,15-/m11/s1. The summed E-state index contributed by atoms with van der Waals surface area (Å²) in [5, 5.41) is 13.7. The summed E-state index contributed by atoms with van der Waals surface area (Å²) >= 11 is 12.3. The summed E-state index contributed by atoms with van der Waals surface area (Å²) in [5.74, 6) is 1.69. The summed E-state index contributed by atoms with van der Waals surface area (Å²) in [4.78, 5) is 31.1. The van der Waals surface area contributed by atoms with Crippen molar-refractivity contribution < 1.29 is 18.4 Å². The molecule has 8 nitrogen and oxygen atoms in total. The second kappa shape index (κ2) is 18.6. The van der Waals surface area contributed by atoms with Crippen molar-refractivity contribution in [1.82, 2.24) is 31.2 Å². The Kier molecular flexibility index (Phi) is 14.3. The molecular formula is C36H50Cl2F2N6O2. The molecule has 2 aromatic rings. The molecule has 4 heterocycles. The zero-order valence-electron chi connectivity index (χ0n) is 27.7. The SMILES string of the molecule is O=C1C[C@H](NCCC2CCC(c3ncc(F)cc3Cl)CC2)CCN1.O=C1C[C@H](NCCC2CCC(c3ncc(F)cc3Cl)CC2)CCN1. The van der Waals surface area contributed by atoms with Crippen LogP contribution < -0.4 is 21.3 Å². The second-order valence-corrected chi connectivity index (χ2v) is 14.9. The molecule has 4 fully saturated rings. The average Bonchev–Trinajstić information content (AvgIpc) is 3.06. The molecule has 6 rings (SSSR count). The number of amides is 2. The van der Waals surface area contributed by atoms with E-state index in [-0.39, 0.29) is 23.4 Å². The molecule has 2 saturated heterocycles. The van der Waals surface area contributed by atoms with E-state index in [2.05, 4.69) is 31.2 Å². The first kappa shape index (κ1) is 36.9. The molecule has 2 saturated carbocycles. The number of halogens is 4. The van der Waals surface area contributed by atoms with E-state index in [1.165, 1.54) is 24.5 Å². The van der Waals surface area contributed by atoms with Gasteiger partial charge in [0.05, 0.1) is 33.8 Å². The van der Waals surface area contributed by atoms with Crippen molar-refractivity contribution in [2.24, 2.45) is 11.8 Å². The number of carbonyl (C=O) groups is 2. The van der Waals surface area contributed by atoms with Crippen LogP contribution in [0.1, 0.15) is 113 Å². The van der Waals surface area contributed by atoms with Gasteiger partial charge >= 0.3 is 0 Å². The summed E-state index contributed by atoms with van der Waals surface area (Å²) in [6.07, 6.45) is 17.0. The first-order chi connectivity index (χ1) is 23.2. The van der Waals surface area contributed by atoms with E-state index in [0.29, 0.717) is 58.6 Å². The van der Waals surface area contributed by atoms with Crippen LogP contribution in [0.15, 0.2) is 24.5 Å². The smallest absolute Gasteiger partial charge is 0.221 e. The minimum Gasteiger partial charge on any atom is -0.356 e. The summed E-state index contributed by atoms with van der Waals surface area (Å²) in [7, 11) is 0. The summed E-state index contributed by atoms with van der Waals surface area (Å²) < 4.78 is 26.2. The monoisotopic (exact) mass is 706 g/mol. The summed E-state index contributed by atoms with van der Waals surface area (Å²) in [6.45, 7) is 3.52. The molecule has 12 heteroatoms. The van der Waals surface area contributed by atoms with Gasteiger partial charge in [0.2, 0.25) is 11.8 Å². The van der Waals surface area contributed by atoms with Gasteiger partial charge in [0.15, 0.2) is 0 Å². The second-order valence-electron chi connectivity index (χ2n) is 14.0. The number of hydrogen-bond acceptors (Lipinski definition) is 6. The van der Waals surface area contributed by atoms with Crippen LogP contribution in [0.3, 0.4) is 0 Å². The molecule has 0 aromatic carbocycles. The molecule has 4 N–H and O–H groups in total. The molecule has 2 atom stereocenters. The van der Waals surface area contributed by atoms with Crippen molar-refractivity contribution in [3.05, 3.63) is 57.6 Å². The van der Waals surface area contributed by atoms with Gasteiger partial charge in [-0.2, -0.15) is 0 Å². The first-order valence-electron chi connectivity index (χ1n) is 17.9. The maximum Gasteiger partial charge on any atom is 0.221 e. The van der Waals surface area contributed by atoms with Gasteiger partial charge in [-0.05, 0) is 114 Å². The third kappa shape index (κ3) is 11.3. The number of nitrogens with one attached hydrogen (secondary N) is 4. The molecule has 2 aliphatic heterocycles. The van der Waals surface area contributed by atoms with Crippen LogP contribution in [-0.4, -0.2) is 60.0 Å². The van der Waals surface area contributed by atoms with Crippen molar-refractivity contribution in [2.75, 3.05) is 26.2 Å². The van der Waals surface area contributed by atoms with E-state index in [9.17, 15) is 18.4 Å². The van der Waals surface area contributed by atoms with Gasteiger partial charge in [0.25, 0.3) is 0 Å². The Balaban J connectivity index is 0.000000188. The Bertz CT molecular complexity index is 1250. The lowest BCUT2D eigenvalue weighted by Crippen LogP contribution is -2.43. The van der Waals surface area contributed by atoms with E-state index in [1.54, 1.807) is 0 Å². The van der Waals surface area contributed by atoms with Gasteiger partial charge in [-0.1, -0.05) is 23.2 Å². The molecule has 0 unspecified atom stereocenters. The lowest BCUT2D eigenvalue weighted by atomic mass is 9.79. The highest BCUT2D eigenvalue weighted by Gasteiger charge is 2.27. The molecule has 264 valence electrons. The van der Waals surface area contributed by atoms with E-state index < -0.39 is 0 Å². The van der Waals surface area contributed by atoms with Crippen molar-refractivity contribution >= 4 is 35.0 Å². The number of carbonyl (C=O) groups excluding carboxylic acids is 2. The fourth-order valence-corrected chi connectivity index (χ4v) is 8.41. The molecule has 0 spiro atoms. The predicted octanol–water partition coefficient (Wildman–Crippen LogP) is 6.81. The van der Waals surface area contributed by atoms with Crippen molar-refractivity contribution in [3.8, 4) is 0 Å².